The molecule has 0 bridgehead atoms. The molecular weight excluding hydrogens is 386 g/mol. The summed E-state index contributed by atoms with van der Waals surface area (Å²) in [6.07, 6.45) is 1.10. The lowest BCUT2D eigenvalue weighted by atomic mass is 9.90. The fraction of sp³-hybridized carbons (Fsp3) is 0.588. The van der Waals surface area contributed by atoms with E-state index in [0.29, 0.717) is 43.0 Å². The van der Waals surface area contributed by atoms with Crippen LogP contribution in [0.5, 0.6) is 17.2 Å². The van der Waals surface area contributed by atoms with Crippen molar-refractivity contribution in [1.29, 1.82) is 0 Å². The summed E-state index contributed by atoms with van der Waals surface area (Å²) < 4.78 is 46.1. The minimum absolute atomic E-state index is 0. The van der Waals surface area contributed by atoms with E-state index in [4.69, 9.17) is 14.2 Å². The van der Waals surface area contributed by atoms with Gasteiger partial charge in [0, 0.05) is 32.3 Å². The molecule has 2 aliphatic heterocycles. The van der Waals surface area contributed by atoms with Gasteiger partial charge in [-0.1, -0.05) is 0 Å². The number of hydrogen-bond donors (Lipinski definition) is 1. The maximum atomic E-state index is 13.0. The molecule has 0 atom stereocenters. The number of benzene rings is 1. The number of ether oxygens (including phenoxy) is 4. The van der Waals surface area contributed by atoms with Crippen LogP contribution >= 0.6 is 12.4 Å². The van der Waals surface area contributed by atoms with Crippen molar-refractivity contribution >= 4 is 18.3 Å². The number of rotatable bonds is 6. The highest BCUT2D eigenvalue weighted by Crippen LogP contribution is 2.39. The molecule has 152 valence electrons. The number of piperidine rings is 1. The summed E-state index contributed by atoms with van der Waals surface area (Å²) in [5.41, 5.74) is -0.495. The zero-order valence-corrected chi connectivity index (χ0v) is 15.9. The van der Waals surface area contributed by atoms with E-state index in [1.54, 1.807) is 13.1 Å². The fourth-order valence-corrected chi connectivity index (χ4v) is 3.31. The maximum Gasteiger partial charge on any atom is 0.387 e. The van der Waals surface area contributed by atoms with Crippen LogP contribution < -0.4 is 19.5 Å². The van der Waals surface area contributed by atoms with Crippen molar-refractivity contribution in [1.82, 2.24) is 10.2 Å². The molecule has 3 rings (SSSR count). The molecule has 0 aromatic heterocycles. The van der Waals surface area contributed by atoms with Gasteiger partial charge < -0.3 is 29.2 Å². The second-order valence-electron chi connectivity index (χ2n) is 6.30. The average Bonchev–Trinajstić information content (AvgIpc) is 3.08. The van der Waals surface area contributed by atoms with E-state index in [-0.39, 0.29) is 37.4 Å². The molecule has 0 unspecified atom stereocenters. The van der Waals surface area contributed by atoms with Crippen LogP contribution in [0.4, 0.5) is 8.78 Å². The van der Waals surface area contributed by atoms with E-state index in [9.17, 15) is 13.6 Å². The van der Waals surface area contributed by atoms with Gasteiger partial charge in [0.2, 0.25) is 6.79 Å². The Morgan fingerprint density at radius 2 is 1.93 bits per heavy atom. The van der Waals surface area contributed by atoms with Crippen molar-refractivity contribution < 1.29 is 32.5 Å². The third kappa shape index (κ3) is 4.53. The Morgan fingerprint density at radius 1 is 1.30 bits per heavy atom. The highest BCUT2D eigenvalue weighted by Gasteiger charge is 2.41. The first-order valence-electron chi connectivity index (χ1n) is 8.34. The van der Waals surface area contributed by atoms with E-state index >= 15 is 0 Å². The number of amides is 1. The molecule has 1 fully saturated rings. The van der Waals surface area contributed by atoms with Gasteiger partial charge in [-0.2, -0.15) is 8.78 Å². The molecule has 2 heterocycles. The molecule has 2 aliphatic rings. The van der Waals surface area contributed by atoms with Crippen molar-refractivity contribution in [3.8, 4) is 17.2 Å². The van der Waals surface area contributed by atoms with E-state index in [1.807, 2.05) is 0 Å². The molecule has 0 spiro atoms. The molecule has 1 amide bonds. The summed E-state index contributed by atoms with van der Waals surface area (Å²) in [6, 6.07) is 2.92. The molecule has 0 aliphatic carbocycles. The Morgan fingerprint density at radius 3 is 2.52 bits per heavy atom. The quantitative estimate of drug-likeness (QED) is 0.778. The number of hydrogen-bond acceptors (Lipinski definition) is 6. The zero-order chi connectivity index (χ0) is 18.7. The lowest BCUT2D eigenvalue weighted by Crippen LogP contribution is -2.54. The number of nitrogens with one attached hydrogen (secondary N) is 1. The summed E-state index contributed by atoms with van der Waals surface area (Å²) >= 11 is 0. The first-order chi connectivity index (χ1) is 12.4. The SMILES string of the molecule is COC1(C(=O)N(C)Cc2cc3c(cc2OC(F)F)OCO3)CCNCC1.Cl. The Labute approximate surface area is 162 Å². The van der Waals surface area contributed by atoms with Gasteiger partial charge in [-0.15, -0.1) is 12.4 Å². The van der Waals surface area contributed by atoms with Crippen LogP contribution in [0.15, 0.2) is 12.1 Å². The first-order valence-corrected chi connectivity index (χ1v) is 8.34. The zero-order valence-electron chi connectivity index (χ0n) is 15.1. The third-order valence-corrected chi connectivity index (χ3v) is 4.72. The van der Waals surface area contributed by atoms with Gasteiger partial charge in [-0.25, -0.2) is 0 Å². The third-order valence-electron chi connectivity index (χ3n) is 4.72. The highest BCUT2D eigenvalue weighted by atomic mass is 35.5. The van der Waals surface area contributed by atoms with Crippen molar-refractivity contribution in [2.45, 2.75) is 31.6 Å². The lowest BCUT2D eigenvalue weighted by molar-refractivity contribution is -0.157. The van der Waals surface area contributed by atoms with Crippen LogP contribution in [0.1, 0.15) is 18.4 Å². The largest absolute Gasteiger partial charge is 0.454 e. The number of carbonyl (C=O) groups excluding carboxylic acids is 1. The fourth-order valence-electron chi connectivity index (χ4n) is 3.31. The molecule has 1 aromatic rings. The van der Waals surface area contributed by atoms with Gasteiger partial charge in [0.25, 0.3) is 5.91 Å². The molecule has 1 saturated heterocycles. The van der Waals surface area contributed by atoms with Crippen LogP contribution in [0, 0.1) is 0 Å². The topological polar surface area (TPSA) is 69.3 Å². The molecule has 0 saturated carbocycles. The monoisotopic (exact) mass is 408 g/mol. The minimum atomic E-state index is -2.98. The Kier molecular flexibility index (Phi) is 7.07. The van der Waals surface area contributed by atoms with Crippen LogP contribution in [-0.4, -0.2) is 57.1 Å². The van der Waals surface area contributed by atoms with Crippen molar-refractivity contribution in [2.75, 3.05) is 34.0 Å². The average molecular weight is 409 g/mol. The predicted molar refractivity (Wildman–Crippen MR) is 94.8 cm³/mol. The number of methoxy groups -OCH3 is 1. The molecule has 7 nitrogen and oxygen atoms in total. The molecule has 10 heteroatoms. The summed E-state index contributed by atoms with van der Waals surface area (Å²) in [4.78, 5) is 14.4. The van der Waals surface area contributed by atoms with Crippen LogP contribution in [0.25, 0.3) is 0 Å². The highest BCUT2D eigenvalue weighted by molar-refractivity contribution is 5.85. The normalized spacial score (nSPS) is 17.4. The Hall–Kier alpha value is -1.84. The van der Waals surface area contributed by atoms with Gasteiger partial charge in [0.15, 0.2) is 11.5 Å². The molecule has 27 heavy (non-hydrogen) atoms. The van der Waals surface area contributed by atoms with Crippen LogP contribution in [0.3, 0.4) is 0 Å². The number of nitrogens with zero attached hydrogens (tertiary/aromatic N) is 1. The number of fused-ring (bicyclic) bond motifs is 1. The standard InChI is InChI=1S/C17H22F2N2O5.ClH/c1-21(15(22)17(23-2)3-5-20-6-4-17)9-11-7-13-14(25-10-24-13)8-12(11)26-16(18)19;/h7-8,16,20H,3-6,9-10H2,1-2H3;1H. The van der Waals surface area contributed by atoms with Crippen LogP contribution in [0.2, 0.25) is 0 Å². The Balaban J connectivity index is 0.00000261. The van der Waals surface area contributed by atoms with Gasteiger partial charge in [-0.05, 0) is 32.0 Å². The first kappa shape index (κ1) is 21.5. The number of likely N-dealkylation sites (N-methyl/N-ethyl adjacent to an activating group) is 1. The second-order valence-corrected chi connectivity index (χ2v) is 6.30. The molecule has 0 radical (unpaired) electrons. The van der Waals surface area contributed by atoms with Gasteiger partial charge >= 0.3 is 6.61 Å². The van der Waals surface area contributed by atoms with E-state index < -0.39 is 12.2 Å². The number of alkyl halides is 2. The predicted octanol–water partition coefficient (Wildman–Crippen LogP) is 2.17. The van der Waals surface area contributed by atoms with E-state index in [2.05, 4.69) is 10.1 Å². The molecule has 1 N–H and O–H groups in total. The summed E-state index contributed by atoms with van der Waals surface area (Å²) in [5.74, 6) is 0.540. The van der Waals surface area contributed by atoms with Crippen molar-refractivity contribution in [3.05, 3.63) is 17.7 Å². The smallest absolute Gasteiger partial charge is 0.387 e. The minimum Gasteiger partial charge on any atom is -0.454 e. The van der Waals surface area contributed by atoms with E-state index in [1.165, 1.54) is 18.1 Å². The van der Waals surface area contributed by atoms with Crippen LogP contribution in [-0.2, 0) is 16.1 Å². The maximum absolute atomic E-state index is 13.0. The van der Waals surface area contributed by atoms with Gasteiger partial charge in [0.05, 0.1) is 0 Å². The summed E-state index contributed by atoms with van der Waals surface area (Å²) in [6.45, 7) is -1.53. The molecular formula is C17H23ClF2N2O5. The summed E-state index contributed by atoms with van der Waals surface area (Å²) in [7, 11) is 3.13. The summed E-state index contributed by atoms with van der Waals surface area (Å²) in [5, 5.41) is 3.19. The number of halogens is 3. The van der Waals surface area contributed by atoms with E-state index in [0.717, 1.165) is 0 Å². The number of carbonyl (C=O) groups is 1. The van der Waals surface area contributed by atoms with Gasteiger partial charge in [-0.3, -0.25) is 4.79 Å². The van der Waals surface area contributed by atoms with Gasteiger partial charge in [0.1, 0.15) is 11.4 Å². The molecule has 1 aromatic carbocycles. The lowest BCUT2D eigenvalue weighted by Gasteiger charge is -2.37. The second kappa shape index (κ2) is 8.90. The van der Waals surface area contributed by atoms with Crippen molar-refractivity contribution in [2.24, 2.45) is 0 Å². The Bertz CT molecular complexity index is 671. The van der Waals surface area contributed by atoms with Crippen molar-refractivity contribution in [3.63, 3.8) is 0 Å².